The minimum atomic E-state index is -0.169. The highest BCUT2D eigenvalue weighted by Gasteiger charge is 2.16. The Bertz CT molecular complexity index is 1050. The van der Waals surface area contributed by atoms with Gasteiger partial charge in [0.2, 0.25) is 0 Å². The van der Waals surface area contributed by atoms with Crippen LogP contribution >= 0.6 is 0 Å². The molecular formula is C24H25NO5. The Balaban J connectivity index is 1.72. The molecule has 156 valence electrons. The molecule has 0 atom stereocenters. The number of nitrogens with zero attached hydrogens (tertiary/aromatic N) is 1. The van der Waals surface area contributed by atoms with Gasteiger partial charge < -0.3 is 19.1 Å². The first-order chi connectivity index (χ1) is 14.6. The van der Waals surface area contributed by atoms with Gasteiger partial charge in [-0.2, -0.15) is 0 Å². The fourth-order valence-electron chi connectivity index (χ4n) is 3.33. The maximum absolute atomic E-state index is 12.7. The van der Waals surface area contributed by atoms with Crippen LogP contribution in [0, 0.1) is 0 Å². The zero-order valence-electron chi connectivity index (χ0n) is 17.4. The Kier molecular flexibility index (Phi) is 6.91. The Morgan fingerprint density at radius 2 is 1.70 bits per heavy atom. The van der Waals surface area contributed by atoms with E-state index in [-0.39, 0.29) is 12.5 Å². The van der Waals surface area contributed by atoms with Crippen LogP contribution in [0.3, 0.4) is 0 Å². The number of likely N-dealkylation sites (N-methyl/N-ethyl adjacent to an activating group) is 1. The van der Waals surface area contributed by atoms with Gasteiger partial charge in [-0.25, -0.2) is 0 Å². The average molecular weight is 407 g/mol. The number of amides is 1. The van der Waals surface area contributed by atoms with E-state index >= 15 is 0 Å². The number of fused-ring (bicyclic) bond motifs is 1. The maximum Gasteiger partial charge on any atom is 0.260 e. The molecule has 3 aromatic rings. The van der Waals surface area contributed by atoms with E-state index in [1.807, 2.05) is 55.5 Å². The van der Waals surface area contributed by atoms with Crippen LogP contribution in [0.25, 0.3) is 10.8 Å². The van der Waals surface area contributed by atoms with E-state index in [2.05, 4.69) is 0 Å². The molecule has 0 saturated carbocycles. The number of aldehydes is 1. The summed E-state index contributed by atoms with van der Waals surface area (Å²) in [5.74, 6) is 1.48. The molecule has 1 amide bonds. The lowest BCUT2D eigenvalue weighted by Gasteiger charge is -2.22. The van der Waals surface area contributed by atoms with Crippen molar-refractivity contribution in [3.63, 3.8) is 0 Å². The largest absolute Gasteiger partial charge is 0.493 e. The van der Waals surface area contributed by atoms with Gasteiger partial charge in [-0.05, 0) is 41.5 Å². The van der Waals surface area contributed by atoms with Crippen LogP contribution in [-0.4, -0.2) is 44.5 Å². The second kappa shape index (κ2) is 9.78. The molecule has 0 aromatic heterocycles. The van der Waals surface area contributed by atoms with Crippen LogP contribution in [0.1, 0.15) is 22.8 Å². The highest BCUT2D eigenvalue weighted by atomic mass is 16.5. The van der Waals surface area contributed by atoms with Crippen molar-refractivity contribution in [3.05, 3.63) is 65.7 Å². The van der Waals surface area contributed by atoms with Gasteiger partial charge >= 0.3 is 0 Å². The van der Waals surface area contributed by atoms with Gasteiger partial charge in [0.1, 0.15) is 5.75 Å². The van der Waals surface area contributed by atoms with Crippen LogP contribution < -0.4 is 14.2 Å². The second-order valence-corrected chi connectivity index (χ2v) is 6.70. The van der Waals surface area contributed by atoms with E-state index in [1.54, 1.807) is 25.2 Å². The molecule has 0 aliphatic heterocycles. The maximum atomic E-state index is 12.7. The van der Waals surface area contributed by atoms with Crippen molar-refractivity contribution in [1.82, 2.24) is 4.90 Å². The smallest absolute Gasteiger partial charge is 0.260 e. The molecule has 0 fully saturated rings. The number of hydrogen-bond donors (Lipinski definition) is 0. The standard InChI is InChI=1S/C24H25NO5/c1-4-25(14-17-9-11-22(28-2)23(13-17)29-3)24(27)16-30-21-12-10-18-7-5-6-8-19(18)20(21)15-26/h5-13,15H,4,14,16H2,1-3H3. The Morgan fingerprint density at radius 3 is 2.40 bits per heavy atom. The molecule has 0 aliphatic rings. The predicted octanol–water partition coefficient (Wildman–Crippen LogP) is 4.10. The van der Waals surface area contributed by atoms with E-state index in [9.17, 15) is 9.59 Å². The van der Waals surface area contributed by atoms with Gasteiger partial charge in [0.15, 0.2) is 24.4 Å². The van der Waals surface area contributed by atoms with E-state index in [4.69, 9.17) is 14.2 Å². The summed E-state index contributed by atoms with van der Waals surface area (Å²) >= 11 is 0. The van der Waals surface area contributed by atoms with Crippen molar-refractivity contribution in [2.45, 2.75) is 13.5 Å². The topological polar surface area (TPSA) is 65.1 Å². The molecular weight excluding hydrogens is 382 g/mol. The fraction of sp³-hybridized carbons (Fsp3) is 0.250. The number of carbonyl (C=O) groups is 2. The van der Waals surface area contributed by atoms with Gasteiger partial charge in [0, 0.05) is 13.1 Å². The quantitative estimate of drug-likeness (QED) is 0.500. The summed E-state index contributed by atoms with van der Waals surface area (Å²) < 4.78 is 16.3. The fourth-order valence-corrected chi connectivity index (χ4v) is 3.33. The van der Waals surface area contributed by atoms with E-state index in [0.717, 1.165) is 22.6 Å². The van der Waals surface area contributed by atoms with Gasteiger partial charge in [0.05, 0.1) is 19.8 Å². The summed E-state index contributed by atoms with van der Waals surface area (Å²) in [6.07, 6.45) is 0.767. The van der Waals surface area contributed by atoms with Crippen LogP contribution in [-0.2, 0) is 11.3 Å². The lowest BCUT2D eigenvalue weighted by molar-refractivity contribution is -0.133. The predicted molar refractivity (Wildman–Crippen MR) is 115 cm³/mol. The van der Waals surface area contributed by atoms with Crippen LogP contribution in [0.5, 0.6) is 17.2 Å². The SMILES string of the molecule is CCN(Cc1ccc(OC)c(OC)c1)C(=O)COc1ccc2ccccc2c1C=O. The number of hydrogen-bond acceptors (Lipinski definition) is 5. The second-order valence-electron chi connectivity index (χ2n) is 6.70. The minimum Gasteiger partial charge on any atom is -0.493 e. The van der Waals surface area contributed by atoms with Crippen molar-refractivity contribution in [3.8, 4) is 17.2 Å². The molecule has 0 N–H and O–H groups in total. The normalized spacial score (nSPS) is 10.5. The van der Waals surface area contributed by atoms with Crippen molar-refractivity contribution < 1.29 is 23.8 Å². The summed E-state index contributed by atoms with van der Waals surface area (Å²) in [5.41, 5.74) is 1.37. The Hall–Kier alpha value is -3.54. The molecule has 0 spiro atoms. The molecule has 6 heteroatoms. The lowest BCUT2D eigenvalue weighted by Crippen LogP contribution is -2.34. The van der Waals surface area contributed by atoms with Gasteiger partial charge in [-0.3, -0.25) is 9.59 Å². The molecule has 0 unspecified atom stereocenters. The summed E-state index contributed by atoms with van der Waals surface area (Å²) in [7, 11) is 3.16. The van der Waals surface area contributed by atoms with Crippen LogP contribution in [0.2, 0.25) is 0 Å². The summed E-state index contributed by atoms with van der Waals surface area (Å²) in [6.45, 7) is 2.69. The van der Waals surface area contributed by atoms with Gasteiger partial charge in [0.25, 0.3) is 5.91 Å². The average Bonchev–Trinajstić information content (AvgIpc) is 2.80. The number of methoxy groups -OCH3 is 2. The molecule has 3 aromatic carbocycles. The molecule has 30 heavy (non-hydrogen) atoms. The zero-order valence-corrected chi connectivity index (χ0v) is 17.4. The molecule has 6 nitrogen and oxygen atoms in total. The highest BCUT2D eigenvalue weighted by Crippen LogP contribution is 2.28. The summed E-state index contributed by atoms with van der Waals surface area (Å²) in [5, 5.41) is 1.75. The van der Waals surface area contributed by atoms with Gasteiger partial charge in [-0.1, -0.05) is 36.4 Å². The van der Waals surface area contributed by atoms with Crippen LogP contribution in [0.15, 0.2) is 54.6 Å². The lowest BCUT2D eigenvalue weighted by atomic mass is 10.0. The van der Waals surface area contributed by atoms with Crippen molar-refractivity contribution in [2.24, 2.45) is 0 Å². The summed E-state index contributed by atoms with van der Waals surface area (Å²) in [6, 6.07) is 16.7. The molecule has 3 rings (SSSR count). The molecule has 0 saturated heterocycles. The van der Waals surface area contributed by atoms with Crippen molar-refractivity contribution in [2.75, 3.05) is 27.4 Å². The first-order valence-electron chi connectivity index (χ1n) is 9.69. The third-order valence-electron chi connectivity index (χ3n) is 4.96. The Labute approximate surface area is 176 Å². The third-order valence-corrected chi connectivity index (χ3v) is 4.96. The Morgan fingerprint density at radius 1 is 0.967 bits per heavy atom. The minimum absolute atomic E-state index is 0.152. The number of carbonyl (C=O) groups excluding carboxylic acids is 2. The molecule has 0 aliphatic carbocycles. The van der Waals surface area contributed by atoms with E-state index in [0.29, 0.717) is 35.9 Å². The third kappa shape index (κ3) is 4.54. The monoisotopic (exact) mass is 407 g/mol. The first-order valence-corrected chi connectivity index (χ1v) is 9.69. The zero-order chi connectivity index (χ0) is 21.5. The number of ether oxygens (including phenoxy) is 3. The molecule has 0 heterocycles. The summed E-state index contributed by atoms with van der Waals surface area (Å²) in [4.78, 5) is 26.1. The van der Waals surface area contributed by atoms with E-state index < -0.39 is 0 Å². The highest BCUT2D eigenvalue weighted by molar-refractivity contribution is 6.00. The molecule has 0 bridgehead atoms. The van der Waals surface area contributed by atoms with Crippen molar-refractivity contribution in [1.29, 1.82) is 0 Å². The number of rotatable bonds is 9. The molecule has 0 radical (unpaired) electrons. The van der Waals surface area contributed by atoms with Crippen LogP contribution in [0.4, 0.5) is 0 Å². The first kappa shape index (κ1) is 21.2. The number of benzene rings is 3. The van der Waals surface area contributed by atoms with E-state index in [1.165, 1.54) is 0 Å². The van der Waals surface area contributed by atoms with Gasteiger partial charge in [-0.15, -0.1) is 0 Å². The van der Waals surface area contributed by atoms with Crippen molar-refractivity contribution >= 4 is 23.0 Å².